The van der Waals surface area contributed by atoms with Gasteiger partial charge in [-0.1, -0.05) is 51.8 Å². The van der Waals surface area contributed by atoms with Crippen LogP contribution in [-0.4, -0.2) is 6.61 Å². The van der Waals surface area contributed by atoms with Gasteiger partial charge in [0.05, 0.1) is 12.0 Å². The van der Waals surface area contributed by atoms with Crippen LogP contribution in [0.1, 0.15) is 35.9 Å². The van der Waals surface area contributed by atoms with Crippen LogP contribution < -0.4 is 4.74 Å². The molecular formula is C17H15Br2ClO. The van der Waals surface area contributed by atoms with Crippen molar-refractivity contribution in [2.24, 2.45) is 0 Å². The molecular weight excluding hydrogens is 415 g/mol. The molecule has 1 aliphatic heterocycles. The maximum atomic E-state index is 6.71. The fourth-order valence-electron chi connectivity index (χ4n) is 2.58. The minimum Gasteiger partial charge on any atom is -0.492 e. The largest absolute Gasteiger partial charge is 0.492 e. The van der Waals surface area contributed by atoms with Crippen molar-refractivity contribution >= 4 is 43.5 Å². The first-order valence-electron chi connectivity index (χ1n) is 6.75. The second-order valence-electron chi connectivity index (χ2n) is 5.96. The summed E-state index contributed by atoms with van der Waals surface area (Å²) >= 11 is 13.8. The molecule has 0 saturated carbocycles. The Morgan fingerprint density at radius 2 is 1.90 bits per heavy atom. The fraction of sp³-hybridized carbons (Fsp3) is 0.294. The van der Waals surface area contributed by atoms with Crippen LogP contribution >= 0.6 is 43.5 Å². The Kier molecular flexibility index (Phi) is 4.10. The highest BCUT2D eigenvalue weighted by Gasteiger charge is 2.32. The van der Waals surface area contributed by atoms with Crippen molar-refractivity contribution in [2.75, 3.05) is 6.61 Å². The molecule has 1 nitrogen and oxygen atoms in total. The molecule has 4 heteroatoms. The quantitative estimate of drug-likeness (QED) is 0.515. The third-order valence-electron chi connectivity index (χ3n) is 3.85. The lowest BCUT2D eigenvalue weighted by atomic mass is 9.85. The normalized spacial score (nSPS) is 17.2. The lowest BCUT2D eigenvalue weighted by Gasteiger charge is -2.18. The van der Waals surface area contributed by atoms with Crippen LogP contribution in [0, 0.1) is 0 Å². The molecule has 2 aromatic carbocycles. The average Bonchev–Trinajstić information content (AvgIpc) is 2.76. The Morgan fingerprint density at radius 1 is 1.14 bits per heavy atom. The van der Waals surface area contributed by atoms with Crippen LogP contribution in [0.3, 0.4) is 0 Å². The van der Waals surface area contributed by atoms with Crippen molar-refractivity contribution in [1.29, 1.82) is 0 Å². The minimum absolute atomic E-state index is 0.0382. The van der Waals surface area contributed by atoms with Crippen molar-refractivity contribution in [1.82, 2.24) is 0 Å². The number of halogens is 3. The molecule has 0 radical (unpaired) electrons. The van der Waals surface area contributed by atoms with Gasteiger partial charge in [0.25, 0.3) is 0 Å². The molecule has 0 N–H and O–H groups in total. The van der Waals surface area contributed by atoms with Crippen molar-refractivity contribution in [3.05, 3.63) is 62.0 Å². The molecule has 0 fully saturated rings. The van der Waals surface area contributed by atoms with Crippen LogP contribution in [0.15, 0.2) is 45.3 Å². The van der Waals surface area contributed by atoms with Crippen LogP contribution in [0.5, 0.6) is 5.75 Å². The van der Waals surface area contributed by atoms with E-state index in [1.807, 2.05) is 24.3 Å². The van der Waals surface area contributed by atoms with Gasteiger partial charge in [0.1, 0.15) is 5.75 Å². The van der Waals surface area contributed by atoms with Gasteiger partial charge in [-0.3, -0.25) is 0 Å². The topological polar surface area (TPSA) is 9.23 Å². The van der Waals surface area contributed by atoms with E-state index in [0.717, 1.165) is 32.4 Å². The van der Waals surface area contributed by atoms with E-state index in [4.69, 9.17) is 16.3 Å². The lowest BCUT2D eigenvalue weighted by molar-refractivity contribution is 0.291. The molecule has 0 aromatic heterocycles. The molecule has 21 heavy (non-hydrogen) atoms. The Bertz CT molecular complexity index is 697. The molecule has 0 spiro atoms. The first-order valence-corrected chi connectivity index (χ1v) is 8.77. The van der Waals surface area contributed by atoms with E-state index in [9.17, 15) is 0 Å². The maximum absolute atomic E-state index is 6.71. The molecule has 1 heterocycles. The number of alkyl halides is 1. The van der Waals surface area contributed by atoms with Gasteiger partial charge in [-0.05, 0) is 41.5 Å². The van der Waals surface area contributed by atoms with E-state index in [1.54, 1.807) is 0 Å². The highest BCUT2D eigenvalue weighted by Crippen LogP contribution is 2.42. The number of hydrogen-bond donors (Lipinski definition) is 0. The van der Waals surface area contributed by atoms with Crippen LogP contribution in [0.2, 0.25) is 0 Å². The summed E-state index contributed by atoms with van der Waals surface area (Å²) in [6.45, 7) is 5.11. The predicted octanol–water partition coefficient (Wildman–Crippen LogP) is 6.21. The standard InChI is InChI=1S/C17H15Br2ClO/c1-17(2)9-21-15-6-3-10(7-13(15)17)16(20)12-8-11(18)4-5-14(12)19/h3-8,16H,9H2,1-2H3. The summed E-state index contributed by atoms with van der Waals surface area (Å²) in [7, 11) is 0. The van der Waals surface area contributed by atoms with Crippen LogP contribution in [-0.2, 0) is 5.41 Å². The number of fused-ring (bicyclic) bond motifs is 1. The van der Waals surface area contributed by atoms with E-state index in [2.05, 4.69) is 57.8 Å². The summed E-state index contributed by atoms with van der Waals surface area (Å²) in [6, 6.07) is 12.3. The van der Waals surface area contributed by atoms with E-state index >= 15 is 0 Å². The molecule has 110 valence electrons. The molecule has 0 saturated heterocycles. The zero-order valence-corrected chi connectivity index (χ0v) is 15.7. The summed E-state index contributed by atoms with van der Waals surface area (Å²) in [5.41, 5.74) is 3.42. The number of hydrogen-bond acceptors (Lipinski definition) is 1. The zero-order chi connectivity index (χ0) is 15.2. The van der Waals surface area contributed by atoms with Crippen molar-refractivity contribution < 1.29 is 4.74 Å². The molecule has 0 aliphatic carbocycles. The summed E-state index contributed by atoms with van der Waals surface area (Å²) in [6.07, 6.45) is 0. The number of benzene rings is 2. The van der Waals surface area contributed by atoms with Crippen molar-refractivity contribution in [2.45, 2.75) is 24.6 Å². The monoisotopic (exact) mass is 428 g/mol. The predicted molar refractivity (Wildman–Crippen MR) is 94.5 cm³/mol. The maximum Gasteiger partial charge on any atom is 0.123 e. The van der Waals surface area contributed by atoms with E-state index < -0.39 is 0 Å². The summed E-state index contributed by atoms with van der Waals surface area (Å²) < 4.78 is 7.78. The number of rotatable bonds is 2. The Labute approximate surface area is 146 Å². The first-order chi connectivity index (χ1) is 9.88. The van der Waals surface area contributed by atoms with Gasteiger partial charge in [-0.15, -0.1) is 11.6 Å². The third-order valence-corrected chi connectivity index (χ3v) is 5.55. The van der Waals surface area contributed by atoms with Gasteiger partial charge in [-0.25, -0.2) is 0 Å². The van der Waals surface area contributed by atoms with E-state index in [0.29, 0.717) is 0 Å². The summed E-state index contributed by atoms with van der Waals surface area (Å²) in [5, 5.41) is -0.196. The summed E-state index contributed by atoms with van der Waals surface area (Å²) in [4.78, 5) is 0. The summed E-state index contributed by atoms with van der Waals surface area (Å²) in [5.74, 6) is 0.973. The molecule has 3 rings (SSSR count). The molecule has 0 amide bonds. The highest BCUT2D eigenvalue weighted by atomic mass is 79.9. The van der Waals surface area contributed by atoms with Gasteiger partial charge in [0.15, 0.2) is 0 Å². The Morgan fingerprint density at radius 3 is 2.67 bits per heavy atom. The van der Waals surface area contributed by atoms with Gasteiger partial charge in [0.2, 0.25) is 0 Å². The van der Waals surface area contributed by atoms with Gasteiger partial charge >= 0.3 is 0 Å². The molecule has 1 aliphatic rings. The van der Waals surface area contributed by atoms with Gasteiger partial charge in [0, 0.05) is 19.9 Å². The van der Waals surface area contributed by atoms with Crippen LogP contribution in [0.25, 0.3) is 0 Å². The average molecular weight is 431 g/mol. The second kappa shape index (κ2) is 5.60. The lowest BCUT2D eigenvalue weighted by Crippen LogP contribution is -2.18. The van der Waals surface area contributed by atoms with Gasteiger partial charge < -0.3 is 4.74 Å². The van der Waals surface area contributed by atoms with Crippen molar-refractivity contribution in [3.8, 4) is 5.75 Å². The highest BCUT2D eigenvalue weighted by molar-refractivity contribution is 9.11. The molecule has 0 bridgehead atoms. The van der Waals surface area contributed by atoms with E-state index in [1.165, 1.54) is 5.56 Å². The van der Waals surface area contributed by atoms with Crippen LogP contribution in [0.4, 0.5) is 0 Å². The fourth-order valence-corrected chi connectivity index (χ4v) is 3.89. The molecule has 1 atom stereocenters. The SMILES string of the molecule is CC1(C)COc2ccc(C(Cl)c3cc(Br)ccc3Br)cc21. The Balaban J connectivity index is 2.03. The molecule has 1 unspecified atom stereocenters. The molecule has 2 aromatic rings. The smallest absolute Gasteiger partial charge is 0.123 e. The number of ether oxygens (including phenoxy) is 1. The first kappa shape index (κ1) is 15.4. The second-order valence-corrected chi connectivity index (χ2v) is 8.16. The van der Waals surface area contributed by atoms with Gasteiger partial charge in [-0.2, -0.15) is 0 Å². The Hall–Kier alpha value is -0.510. The third kappa shape index (κ3) is 2.88. The minimum atomic E-state index is -0.196. The van der Waals surface area contributed by atoms with E-state index in [-0.39, 0.29) is 10.8 Å². The zero-order valence-electron chi connectivity index (χ0n) is 11.8. The van der Waals surface area contributed by atoms with Crippen molar-refractivity contribution in [3.63, 3.8) is 0 Å².